The molecule has 0 spiro atoms. The molecule has 0 fully saturated rings. The van der Waals surface area contributed by atoms with E-state index in [9.17, 15) is 14.7 Å². The molecule has 0 unspecified atom stereocenters. The average Bonchev–Trinajstić information content (AvgIpc) is 2.83. The summed E-state index contributed by atoms with van der Waals surface area (Å²) in [5.74, 6) is 0.647. The van der Waals surface area contributed by atoms with Gasteiger partial charge < -0.3 is 24.2 Å². The van der Waals surface area contributed by atoms with Crippen LogP contribution in [0.15, 0.2) is 60.7 Å². The molecule has 0 radical (unpaired) electrons. The number of carboxylic acids is 1. The molecule has 1 aliphatic rings. The van der Waals surface area contributed by atoms with E-state index in [2.05, 4.69) is 0 Å². The molecule has 0 saturated heterocycles. The van der Waals surface area contributed by atoms with Crippen LogP contribution in [0.25, 0.3) is 0 Å². The number of rotatable bonds is 7. The number of hydrogen-bond acceptors (Lipinski definition) is 5. The van der Waals surface area contributed by atoms with E-state index in [0.717, 1.165) is 22.4 Å². The standard InChI is InChI=1S/C26H25NO6/c1-4-33-20-10-8-16(9-11-20)25-21-15-23(32-3)22(31-2)13-18(21)14-24(28)27(25)19-7-5-6-17(12-19)26(29)30/h5-13,15,25H,4,14H2,1-3H3,(H,29,30)/t25-/m0/s1. The highest BCUT2D eigenvalue weighted by Gasteiger charge is 2.36. The van der Waals surface area contributed by atoms with E-state index in [1.165, 1.54) is 12.1 Å². The van der Waals surface area contributed by atoms with Gasteiger partial charge in [-0.3, -0.25) is 4.79 Å². The van der Waals surface area contributed by atoms with Crippen molar-refractivity contribution in [2.45, 2.75) is 19.4 Å². The molecule has 1 atom stereocenters. The zero-order valence-electron chi connectivity index (χ0n) is 18.7. The lowest BCUT2D eigenvalue weighted by Crippen LogP contribution is -2.41. The molecule has 170 valence electrons. The topological polar surface area (TPSA) is 85.3 Å². The average molecular weight is 447 g/mol. The number of amides is 1. The van der Waals surface area contributed by atoms with Gasteiger partial charge >= 0.3 is 5.97 Å². The first-order chi connectivity index (χ1) is 16.0. The van der Waals surface area contributed by atoms with Crippen molar-refractivity contribution in [3.63, 3.8) is 0 Å². The molecular weight excluding hydrogens is 422 g/mol. The van der Waals surface area contributed by atoms with E-state index in [1.807, 2.05) is 43.3 Å². The number of carbonyl (C=O) groups excluding carboxylic acids is 1. The third-order valence-electron chi connectivity index (χ3n) is 5.69. The Bertz CT molecular complexity index is 1190. The maximum Gasteiger partial charge on any atom is 0.335 e. The van der Waals surface area contributed by atoms with Crippen molar-refractivity contribution in [3.05, 3.63) is 82.9 Å². The van der Waals surface area contributed by atoms with E-state index in [-0.39, 0.29) is 17.9 Å². The summed E-state index contributed by atoms with van der Waals surface area (Å²) in [6.07, 6.45) is 0.153. The summed E-state index contributed by atoms with van der Waals surface area (Å²) < 4.78 is 16.5. The predicted octanol–water partition coefficient (Wildman–Crippen LogP) is 4.48. The molecule has 0 bridgehead atoms. The minimum atomic E-state index is -1.05. The highest BCUT2D eigenvalue weighted by molar-refractivity contribution is 5.99. The van der Waals surface area contributed by atoms with Gasteiger partial charge in [0.1, 0.15) is 5.75 Å². The van der Waals surface area contributed by atoms with Crippen molar-refractivity contribution in [2.75, 3.05) is 25.7 Å². The zero-order chi connectivity index (χ0) is 23.5. The lowest BCUT2D eigenvalue weighted by atomic mass is 9.86. The maximum absolute atomic E-state index is 13.4. The number of aromatic carboxylic acids is 1. The first kappa shape index (κ1) is 22.2. The molecule has 3 aromatic carbocycles. The van der Waals surface area contributed by atoms with E-state index in [0.29, 0.717) is 23.8 Å². The summed E-state index contributed by atoms with van der Waals surface area (Å²) in [6.45, 7) is 2.47. The van der Waals surface area contributed by atoms with Crippen LogP contribution in [-0.4, -0.2) is 37.8 Å². The Morgan fingerprint density at radius 3 is 2.36 bits per heavy atom. The van der Waals surface area contributed by atoms with Crippen molar-refractivity contribution in [3.8, 4) is 17.2 Å². The highest BCUT2D eigenvalue weighted by Crippen LogP contribution is 2.43. The van der Waals surface area contributed by atoms with Crippen LogP contribution in [0.3, 0.4) is 0 Å². The first-order valence-corrected chi connectivity index (χ1v) is 10.6. The van der Waals surface area contributed by atoms with Crippen LogP contribution in [0.1, 0.15) is 40.0 Å². The van der Waals surface area contributed by atoms with Crippen LogP contribution in [0.2, 0.25) is 0 Å². The van der Waals surface area contributed by atoms with Crippen LogP contribution >= 0.6 is 0 Å². The van der Waals surface area contributed by atoms with Gasteiger partial charge in [-0.2, -0.15) is 0 Å². The number of methoxy groups -OCH3 is 2. The number of hydrogen-bond donors (Lipinski definition) is 1. The normalized spacial score (nSPS) is 15.1. The Hall–Kier alpha value is -4.00. The second-order valence-electron chi connectivity index (χ2n) is 7.61. The molecular formula is C26H25NO6. The van der Waals surface area contributed by atoms with Gasteiger partial charge in [0, 0.05) is 5.69 Å². The summed E-state index contributed by atoms with van der Waals surface area (Å²) in [6, 6.07) is 17.2. The smallest absolute Gasteiger partial charge is 0.335 e. The minimum absolute atomic E-state index is 0.115. The van der Waals surface area contributed by atoms with Crippen LogP contribution in [-0.2, 0) is 11.2 Å². The molecule has 1 N–H and O–H groups in total. The molecule has 0 saturated carbocycles. The van der Waals surface area contributed by atoms with Gasteiger partial charge in [0.25, 0.3) is 0 Å². The van der Waals surface area contributed by atoms with Gasteiger partial charge in [0.05, 0.1) is 38.9 Å². The Morgan fingerprint density at radius 2 is 1.73 bits per heavy atom. The van der Waals surface area contributed by atoms with Crippen LogP contribution in [0, 0.1) is 0 Å². The number of benzene rings is 3. The van der Waals surface area contributed by atoms with E-state index < -0.39 is 12.0 Å². The highest BCUT2D eigenvalue weighted by atomic mass is 16.5. The number of fused-ring (bicyclic) bond motifs is 1. The Labute approximate surface area is 192 Å². The molecule has 4 rings (SSSR count). The lowest BCUT2D eigenvalue weighted by molar-refractivity contribution is -0.118. The lowest BCUT2D eigenvalue weighted by Gasteiger charge is -2.38. The molecule has 7 nitrogen and oxygen atoms in total. The third kappa shape index (κ3) is 4.22. The monoisotopic (exact) mass is 447 g/mol. The zero-order valence-corrected chi connectivity index (χ0v) is 18.7. The maximum atomic E-state index is 13.4. The van der Waals surface area contributed by atoms with Crippen LogP contribution in [0.4, 0.5) is 5.69 Å². The number of carboxylic acid groups (broad SMARTS) is 1. The van der Waals surface area contributed by atoms with Crippen LogP contribution < -0.4 is 19.1 Å². The molecule has 1 heterocycles. The quantitative estimate of drug-likeness (QED) is 0.575. The van der Waals surface area contributed by atoms with Crippen molar-refractivity contribution < 1.29 is 28.9 Å². The van der Waals surface area contributed by atoms with Crippen molar-refractivity contribution in [2.24, 2.45) is 0 Å². The van der Waals surface area contributed by atoms with E-state index in [4.69, 9.17) is 14.2 Å². The van der Waals surface area contributed by atoms with Crippen molar-refractivity contribution in [1.29, 1.82) is 0 Å². The van der Waals surface area contributed by atoms with Gasteiger partial charge in [-0.1, -0.05) is 18.2 Å². The van der Waals surface area contributed by atoms with Gasteiger partial charge in [0.15, 0.2) is 11.5 Å². The number of carbonyl (C=O) groups is 2. The summed E-state index contributed by atoms with van der Waals surface area (Å²) in [5, 5.41) is 9.47. The second kappa shape index (κ2) is 9.24. The van der Waals surface area contributed by atoms with Crippen molar-refractivity contribution >= 4 is 17.6 Å². The summed E-state index contributed by atoms with van der Waals surface area (Å²) in [5.41, 5.74) is 3.21. The SMILES string of the molecule is CCOc1ccc([C@H]2c3cc(OC)c(OC)cc3CC(=O)N2c2cccc(C(=O)O)c2)cc1. The molecule has 1 amide bonds. The van der Waals surface area contributed by atoms with Gasteiger partial charge in [-0.05, 0) is 66.1 Å². The molecule has 1 aliphatic heterocycles. The molecule has 33 heavy (non-hydrogen) atoms. The fourth-order valence-electron chi connectivity index (χ4n) is 4.20. The second-order valence-corrected chi connectivity index (χ2v) is 7.61. The molecule has 0 aliphatic carbocycles. The van der Waals surface area contributed by atoms with Gasteiger partial charge in [-0.25, -0.2) is 4.79 Å². The number of anilines is 1. The van der Waals surface area contributed by atoms with Gasteiger partial charge in [0.2, 0.25) is 5.91 Å². The molecule has 7 heteroatoms. The Kier molecular flexibility index (Phi) is 6.22. The molecule has 3 aromatic rings. The third-order valence-corrected chi connectivity index (χ3v) is 5.69. The van der Waals surface area contributed by atoms with E-state index in [1.54, 1.807) is 31.3 Å². The fraction of sp³-hybridized carbons (Fsp3) is 0.231. The Balaban J connectivity index is 1.91. The predicted molar refractivity (Wildman–Crippen MR) is 124 cm³/mol. The van der Waals surface area contributed by atoms with Crippen LogP contribution in [0.5, 0.6) is 17.2 Å². The summed E-state index contributed by atoms with van der Waals surface area (Å²) >= 11 is 0. The van der Waals surface area contributed by atoms with E-state index >= 15 is 0 Å². The first-order valence-electron chi connectivity index (χ1n) is 10.6. The number of nitrogens with zero attached hydrogens (tertiary/aromatic N) is 1. The van der Waals surface area contributed by atoms with Crippen molar-refractivity contribution in [1.82, 2.24) is 0 Å². The Morgan fingerprint density at radius 1 is 1.03 bits per heavy atom. The fourth-order valence-corrected chi connectivity index (χ4v) is 4.20. The molecule has 0 aromatic heterocycles. The number of ether oxygens (including phenoxy) is 3. The largest absolute Gasteiger partial charge is 0.494 e. The summed E-state index contributed by atoms with van der Waals surface area (Å²) in [4.78, 5) is 26.6. The summed E-state index contributed by atoms with van der Waals surface area (Å²) in [7, 11) is 3.13. The van der Waals surface area contributed by atoms with Gasteiger partial charge in [-0.15, -0.1) is 0 Å². The minimum Gasteiger partial charge on any atom is -0.494 e.